The molecule has 0 saturated carbocycles. The van der Waals surface area contributed by atoms with Crippen molar-refractivity contribution in [2.24, 2.45) is 0 Å². The summed E-state index contributed by atoms with van der Waals surface area (Å²) in [5.41, 5.74) is 3.25. The maximum atomic E-state index is 12.9. The first-order valence-corrected chi connectivity index (χ1v) is 9.45. The second-order valence-electron chi connectivity index (χ2n) is 6.55. The van der Waals surface area contributed by atoms with Crippen LogP contribution in [0.2, 0.25) is 5.02 Å². The second-order valence-corrected chi connectivity index (χ2v) is 6.95. The van der Waals surface area contributed by atoms with Crippen LogP contribution in [0.5, 0.6) is 0 Å². The molecule has 0 spiro atoms. The summed E-state index contributed by atoms with van der Waals surface area (Å²) in [4.78, 5) is 19.2. The highest BCUT2D eigenvalue weighted by Crippen LogP contribution is 2.20. The number of nitrogens with zero attached hydrogens (tertiary/aromatic N) is 5. The van der Waals surface area contributed by atoms with Crippen molar-refractivity contribution in [1.82, 2.24) is 24.2 Å². The van der Waals surface area contributed by atoms with Crippen LogP contribution in [0.3, 0.4) is 0 Å². The van der Waals surface area contributed by atoms with E-state index in [4.69, 9.17) is 16.6 Å². The van der Waals surface area contributed by atoms with Gasteiger partial charge in [-0.05, 0) is 31.2 Å². The Morgan fingerprint density at radius 1 is 1.14 bits per heavy atom. The van der Waals surface area contributed by atoms with E-state index in [-0.39, 0.29) is 5.91 Å². The molecule has 0 N–H and O–H groups in total. The summed E-state index contributed by atoms with van der Waals surface area (Å²) in [5.74, 6) is 0.742. The van der Waals surface area contributed by atoms with Gasteiger partial charge in [-0.1, -0.05) is 35.9 Å². The van der Waals surface area contributed by atoms with Gasteiger partial charge >= 0.3 is 0 Å². The van der Waals surface area contributed by atoms with Crippen molar-refractivity contribution in [2.45, 2.75) is 20.0 Å². The molecule has 1 amide bonds. The Balaban J connectivity index is 1.57. The Morgan fingerprint density at radius 3 is 2.68 bits per heavy atom. The molecule has 0 bridgehead atoms. The zero-order chi connectivity index (χ0) is 19.7. The summed E-state index contributed by atoms with van der Waals surface area (Å²) in [6.07, 6.45) is 3.26. The first-order chi connectivity index (χ1) is 13.6. The Bertz CT molecular complexity index is 1150. The monoisotopic (exact) mass is 393 g/mol. The summed E-state index contributed by atoms with van der Waals surface area (Å²) >= 11 is 6.22. The summed E-state index contributed by atoms with van der Waals surface area (Å²) < 4.78 is 3.75. The topological polar surface area (TPSA) is 56.0 Å². The van der Waals surface area contributed by atoms with E-state index >= 15 is 0 Å². The largest absolute Gasteiger partial charge is 0.334 e. The smallest absolute Gasteiger partial charge is 0.257 e. The van der Waals surface area contributed by atoms with E-state index in [1.807, 2.05) is 42.5 Å². The molecule has 4 rings (SSSR count). The zero-order valence-electron chi connectivity index (χ0n) is 15.7. The maximum Gasteiger partial charge on any atom is 0.257 e. The molecular weight excluding hydrogens is 374 g/mol. The quantitative estimate of drug-likeness (QED) is 0.511. The number of fused-ring (bicyclic) bond motifs is 1. The number of aryl methyl sites for hydroxylation is 1. The number of hydrogen-bond donors (Lipinski definition) is 0. The molecule has 4 aromatic rings. The molecular formula is C21H20ClN5O. The Hall–Kier alpha value is -3.12. The van der Waals surface area contributed by atoms with Crippen molar-refractivity contribution in [2.75, 3.05) is 7.05 Å². The molecule has 0 aliphatic rings. The van der Waals surface area contributed by atoms with Crippen LogP contribution >= 0.6 is 11.6 Å². The highest BCUT2D eigenvalue weighted by atomic mass is 35.5. The number of carbonyl (C=O) groups is 1. The second kappa shape index (κ2) is 7.48. The predicted molar refractivity (Wildman–Crippen MR) is 110 cm³/mol. The molecule has 142 valence electrons. The highest BCUT2D eigenvalue weighted by Gasteiger charge is 2.18. The average molecular weight is 394 g/mol. The molecule has 2 aromatic carbocycles. The Labute approximate surface area is 168 Å². The van der Waals surface area contributed by atoms with Crippen LogP contribution < -0.4 is 0 Å². The van der Waals surface area contributed by atoms with Gasteiger partial charge in [-0.25, -0.2) is 9.67 Å². The number of hydrogen-bond acceptors (Lipinski definition) is 3. The third kappa shape index (κ3) is 3.27. The minimum absolute atomic E-state index is 0.118. The number of aromatic nitrogens is 4. The van der Waals surface area contributed by atoms with Gasteiger partial charge < -0.3 is 9.47 Å². The van der Waals surface area contributed by atoms with Crippen LogP contribution in [0.15, 0.2) is 60.9 Å². The number of benzene rings is 2. The summed E-state index contributed by atoms with van der Waals surface area (Å²) in [6, 6.07) is 15.4. The lowest BCUT2D eigenvalue weighted by molar-refractivity contribution is 0.0780. The van der Waals surface area contributed by atoms with Crippen LogP contribution in [-0.2, 0) is 13.1 Å². The van der Waals surface area contributed by atoms with Crippen LogP contribution in [0.4, 0.5) is 0 Å². The van der Waals surface area contributed by atoms with Crippen molar-refractivity contribution in [1.29, 1.82) is 0 Å². The van der Waals surface area contributed by atoms with Crippen molar-refractivity contribution in [3.63, 3.8) is 0 Å². The van der Waals surface area contributed by atoms with Gasteiger partial charge in [0, 0.05) is 19.8 Å². The fraction of sp³-hybridized carbons (Fsp3) is 0.190. The van der Waals surface area contributed by atoms with Crippen molar-refractivity contribution < 1.29 is 4.79 Å². The van der Waals surface area contributed by atoms with E-state index in [1.165, 1.54) is 0 Å². The zero-order valence-corrected chi connectivity index (χ0v) is 16.5. The minimum atomic E-state index is -0.118. The van der Waals surface area contributed by atoms with E-state index in [0.29, 0.717) is 17.1 Å². The molecule has 7 heteroatoms. The normalized spacial score (nSPS) is 11.1. The fourth-order valence-electron chi connectivity index (χ4n) is 3.31. The molecule has 0 aliphatic heterocycles. The number of rotatable bonds is 5. The van der Waals surface area contributed by atoms with E-state index in [9.17, 15) is 4.79 Å². The van der Waals surface area contributed by atoms with Gasteiger partial charge in [-0.2, -0.15) is 5.10 Å². The summed E-state index contributed by atoms with van der Waals surface area (Å²) in [5, 5.41) is 4.87. The van der Waals surface area contributed by atoms with Gasteiger partial charge in [0.1, 0.15) is 5.82 Å². The molecule has 0 aliphatic carbocycles. The fourth-order valence-corrected chi connectivity index (χ4v) is 3.53. The van der Waals surface area contributed by atoms with Gasteiger partial charge in [0.15, 0.2) is 0 Å². The summed E-state index contributed by atoms with van der Waals surface area (Å²) in [6.45, 7) is 3.29. The van der Waals surface area contributed by atoms with Crippen LogP contribution in [0.1, 0.15) is 23.1 Å². The molecule has 28 heavy (non-hydrogen) atoms. The Morgan fingerprint density at radius 2 is 1.89 bits per heavy atom. The van der Waals surface area contributed by atoms with Crippen molar-refractivity contribution in [3.8, 4) is 5.69 Å². The minimum Gasteiger partial charge on any atom is -0.334 e. The molecule has 2 aromatic heterocycles. The van der Waals surface area contributed by atoms with Crippen molar-refractivity contribution >= 4 is 28.5 Å². The van der Waals surface area contributed by atoms with Crippen LogP contribution in [0.25, 0.3) is 16.7 Å². The maximum absolute atomic E-state index is 12.9. The lowest BCUT2D eigenvalue weighted by atomic mass is 10.3. The number of carbonyl (C=O) groups excluding carboxylic acids is 1. The first kappa shape index (κ1) is 18.3. The number of para-hydroxylation sites is 3. The first-order valence-electron chi connectivity index (χ1n) is 9.07. The SMILES string of the molecule is CCn1c(CN(C)C(=O)c2cnn(-c3ccccc3Cl)c2)nc2ccccc21. The van der Waals surface area contributed by atoms with Crippen molar-refractivity contribution in [3.05, 3.63) is 77.3 Å². The van der Waals surface area contributed by atoms with Gasteiger partial charge in [-0.15, -0.1) is 0 Å². The predicted octanol–water partition coefficient (Wildman–Crippen LogP) is 4.17. The van der Waals surface area contributed by atoms with E-state index in [2.05, 4.69) is 16.6 Å². The number of imidazole rings is 1. The summed E-state index contributed by atoms with van der Waals surface area (Å²) in [7, 11) is 1.77. The third-order valence-electron chi connectivity index (χ3n) is 4.70. The highest BCUT2D eigenvalue weighted by molar-refractivity contribution is 6.32. The van der Waals surface area contributed by atoms with Gasteiger partial charge in [-0.3, -0.25) is 4.79 Å². The Kier molecular flexibility index (Phi) is 4.88. The lowest BCUT2D eigenvalue weighted by Gasteiger charge is -2.16. The van der Waals surface area contributed by atoms with Gasteiger partial charge in [0.05, 0.1) is 40.0 Å². The van der Waals surface area contributed by atoms with Crippen LogP contribution in [-0.4, -0.2) is 37.2 Å². The van der Waals surface area contributed by atoms with E-state index < -0.39 is 0 Å². The molecule has 0 atom stereocenters. The molecule has 0 fully saturated rings. The van der Waals surface area contributed by atoms with Crippen LogP contribution in [0, 0.1) is 0 Å². The average Bonchev–Trinajstić information content (AvgIpc) is 3.32. The molecule has 2 heterocycles. The molecule has 6 nitrogen and oxygen atoms in total. The molecule has 0 radical (unpaired) electrons. The lowest BCUT2D eigenvalue weighted by Crippen LogP contribution is -2.27. The number of amides is 1. The van der Waals surface area contributed by atoms with E-state index in [0.717, 1.165) is 29.1 Å². The van der Waals surface area contributed by atoms with Gasteiger partial charge in [0.25, 0.3) is 5.91 Å². The number of halogens is 1. The molecule has 0 unspecified atom stereocenters. The van der Waals surface area contributed by atoms with E-state index in [1.54, 1.807) is 35.1 Å². The van der Waals surface area contributed by atoms with Gasteiger partial charge in [0.2, 0.25) is 0 Å². The third-order valence-corrected chi connectivity index (χ3v) is 5.02. The standard InChI is InChI=1S/C21H20ClN5O/c1-3-26-19-11-7-5-9-17(19)24-20(26)14-25(2)21(28)15-12-23-27(13-15)18-10-6-4-8-16(18)22/h4-13H,3,14H2,1-2H3. The molecule has 0 saturated heterocycles.